The van der Waals surface area contributed by atoms with Crippen LogP contribution in [0.4, 0.5) is 0 Å². The first kappa shape index (κ1) is 16.6. The van der Waals surface area contributed by atoms with Crippen LogP contribution in [-0.4, -0.2) is 26.7 Å². The summed E-state index contributed by atoms with van der Waals surface area (Å²) in [5.41, 5.74) is -0.363. The van der Waals surface area contributed by atoms with Gasteiger partial charge >= 0.3 is 0 Å². The minimum atomic E-state index is -3.46. The highest BCUT2D eigenvalue weighted by Crippen LogP contribution is 2.26. The zero-order chi connectivity index (χ0) is 14.5. The summed E-state index contributed by atoms with van der Waals surface area (Å²) in [6.45, 7) is 6.20. The first-order valence-electron chi connectivity index (χ1n) is 6.62. The standard InChI is InChI=1S/C13H23NO3S2/c1-4-11-7-8-12(18-11)19(16,17)14-9-13(5-2,6-3)10-15/h7-8,14-15H,4-6,9-10H2,1-3H3. The third kappa shape index (κ3) is 4.02. The van der Waals surface area contributed by atoms with Crippen LogP contribution in [0.1, 0.15) is 38.5 Å². The summed E-state index contributed by atoms with van der Waals surface area (Å²) in [5.74, 6) is 0. The molecular weight excluding hydrogens is 282 g/mol. The second kappa shape index (κ2) is 6.83. The van der Waals surface area contributed by atoms with Crippen molar-refractivity contribution in [3.05, 3.63) is 17.0 Å². The number of thiophene rings is 1. The Kier molecular flexibility index (Phi) is 5.98. The van der Waals surface area contributed by atoms with Crippen molar-refractivity contribution < 1.29 is 13.5 Å². The smallest absolute Gasteiger partial charge is 0.250 e. The van der Waals surface area contributed by atoms with E-state index in [9.17, 15) is 13.5 Å². The van der Waals surface area contributed by atoms with Crippen LogP contribution in [0.15, 0.2) is 16.3 Å². The van der Waals surface area contributed by atoms with Gasteiger partial charge in [0.1, 0.15) is 4.21 Å². The van der Waals surface area contributed by atoms with E-state index in [0.29, 0.717) is 4.21 Å². The van der Waals surface area contributed by atoms with Gasteiger partial charge in [-0.05, 0) is 31.4 Å². The monoisotopic (exact) mass is 305 g/mol. The van der Waals surface area contributed by atoms with Crippen molar-refractivity contribution in [1.29, 1.82) is 0 Å². The lowest BCUT2D eigenvalue weighted by Gasteiger charge is -2.29. The van der Waals surface area contributed by atoms with Gasteiger partial charge in [0.2, 0.25) is 10.0 Å². The predicted octanol–water partition coefficient (Wildman–Crippen LogP) is 2.39. The quantitative estimate of drug-likeness (QED) is 0.775. The molecule has 0 aliphatic heterocycles. The van der Waals surface area contributed by atoms with Crippen molar-refractivity contribution in [2.45, 2.75) is 44.2 Å². The number of nitrogens with one attached hydrogen (secondary N) is 1. The highest BCUT2D eigenvalue weighted by atomic mass is 32.2. The highest BCUT2D eigenvalue weighted by molar-refractivity contribution is 7.91. The van der Waals surface area contributed by atoms with Gasteiger partial charge in [-0.2, -0.15) is 0 Å². The molecule has 6 heteroatoms. The predicted molar refractivity (Wildman–Crippen MR) is 79.0 cm³/mol. The van der Waals surface area contributed by atoms with Crippen LogP contribution >= 0.6 is 11.3 Å². The fourth-order valence-corrected chi connectivity index (χ4v) is 4.29. The number of sulfonamides is 1. The molecule has 1 aromatic rings. The fourth-order valence-electron chi connectivity index (χ4n) is 1.79. The molecule has 0 aliphatic rings. The zero-order valence-electron chi connectivity index (χ0n) is 11.8. The summed E-state index contributed by atoms with van der Waals surface area (Å²) in [6.07, 6.45) is 2.32. The van der Waals surface area contributed by atoms with Gasteiger partial charge < -0.3 is 5.11 Å². The second-order valence-corrected chi connectivity index (χ2v) is 7.93. The van der Waals surface area contributed by atoms with E-state index in [-0.39, 0.29) is 18.6 Å². The molecule has 0 aliphatic carbocycles. The number of aryl methyl sites for hydroxylation is 1. The third-order valence-corrected chi connectivity index (χ3v) is 6.85. The maximum atomic E-state index is 12.2. The van der Waals surface area contributed by atoms with Gasteiger partial charge in [-0.15, -0.1) is 11.3 Å². The molecule has 0 atom stereocenters. The van der Waals surface area contributed by atoms with Gasteiger partial charge in [-0.25, -0.2) is 13.1 Å². The van der Waals surface area contributed by atoms with Crippen molar-refractivity contribution in [2.24, 2.45) is 5.41 Å². The molecule has 1 aromatic heterocycles. The molecule has 2 N–H and O–H groups in total. The van der Waals surface area contributed by atoms with Crippen molar-refractivity contribution in [3.8, 4) is 0 Å². The first-order valence-corrected chi connectivity index (χ1v) is 8.92. The number of rotatable bonds is 8. The molecule has 0 bridgehead atoms. The number of hydrogen-bond acceptors (Lipinski definition) is 4. The topological polar surface area (TPSA) is 66.4 Å². The van der Waals surface area contributed by atoms with E-state index in [1.165, 1.54) is 11.3 Å². The molecule has 0 spiro atoms. The maximum Gasteiger partial charge on any atom is 0.250 e. The molecule has 19 heavy (non-hydrogen) atoms. The number of hydrogen-bond donors (Lipinski definition) is 2. The largest absolute Gasteiger partial charge is 0.396 e. The van der Waals surface area contributed by atoms with Crippen molar-refractivity contribution in [1.82, 2.24) is 4.72 Å². The summed E-state index contributed by atoms with van der Waals surface area (Å²) in [6, 6.07) is 3.49. The van der Waals surface area contributed by atoms with Crippen molar-refractivity contribution in [2.75, 3.05) is 13.2 Å². The van der Waals surface area contributed by atoms with Crippen molar-refractivity contribution >= 4 is 21.4 Å². The van der Waals surface area contributed by atoms with Crippen LogP contribution in [-0.2, 0) is 16.4 Å². The van der Waals surface area contributed by atoms with E-state index in [0.717, 1.165) is 24.1 Å². The zero-order valence-corrected chi connectivity index (χ0v) is 13.4. The van der Waals surface area contributed by atoms with Crippen molar-refractivity contribution in [3.63, 3.8) is 0 Å². The molecule has 1 rings (SSSR count). The normalized spacial score (nSPS) is 12.8. The maximum absolute atomic E-state index is 12.2. The van der Waals surface area contributed by atoms with Crippen LogP contribution < -0.4 is 4.72 Å². The Labute approximate surface area is 119 Å². The van der Waals surface area contributed by atoms with E-state index in [4.69, 9.17) is 0 Å². The van der Waals surface area contributed by atoms with Gasteiger partial charge in [-0.3, -0.25) is 0 Å². The molecule has 0 unspecified atom stereocenters. The number of aliphatic hydroxyl groups excluding tert-OH is 1. The molecule has 0 fully saturated rings. The highest BCUT2D eigenvalue weighted by Gasteiger charge is 2.28. The molecule has 0 radical (unpaired) electrons. The Hall–Kier alpha value is -0.430. The summed E-state index contributed by atoms with van der Waals surface area (Å²) in [7, 11) is -3.46. The van der Waals surface area contributed by atoms with Crippen LogP contribution in [0, 0.1) is 5.41 Å². The average molecular weight is 305 g/mol. The van der Waals surface area contributed by atoms with E-state index in [2.05, 4.69) is 4.72 Å². The van der Waals surface area contributed by atoms with Gasteiger partial charge in [0.25, 0.3) is 0 Å². The third-order valence-electron chi connectivity index (χ3n) is 3.72. The van der Waals surface area contributed by atoms with Gasteiger partial charge in [0.15, 0.2) is 0 Å². The second-order valence-electron chi connectivity index (χ2n) is 4.76. The molecule has 0 saturated heterocycles. The summed E-state index contributed by atoms with van der Waals surface area (Å²) in [5, 5.41) is 9.45. The first-order chi connectivity index (χ1) is 8.93. The van der Waals surface area contributed by atoms with Crippen LogP contribution in [0.25, 0.3) is 0 Å². The Morgan fingerprint density at radius 2 is 1.89 bits per heavy atom. The fraction of sp³-hybridized carbons (Fsp3) is 0.692. The lowest BCUT2D eigenvalue weighted by molar-refractivity contribution is 0.119. The molecular formula is C13H23NO3S2. The lowest BCUT2D eigenvalue weighted by Crippen LogP contribution is -2.39. The molecule has 0 amide bonds. The van der Waals surface area contributed by atoms with E-state index in [1.807, 2.05) is 26.8 Å². The Bertz CT molecular complexity index is 481. The Morgan fingerprint density at radius 3 is 2.32 bits per heavy atom. The van der Waals surface area contributed by atoms with Gasteiger partial charge in [0, 0.05) is 23.4 Å². The summed E-state index contributed by atoms with van der Waals surface area (Å²) >= 11 is 1.30. The molecule has 1 heterocycles. The molecule has 0 saturated carbocycles. The van der Waals surface area contributed by atoms with Crippen LogP contribution in [0.3, 0.4) is 0 Å². The minimum Gasteiger partial charge on any atom is -0.396 e. The van der Waals surface area contributed by atoms with Gasteiger partial charge in [0.05, 0.1) is 0 Å². The van der Waals surface area contributed by atoms with E-state index < -0.39 is 10.0 Å². The Morgan fingerprint density at radius 1 is 1.26 bits per heavy atom. The van der Waals surface area contributed by atoms with E-state index >= 15 is 0 Å². The SMILES string of the molecule is CCc1ccc(S(=O)(=O)NCC(CC)(CC)CO)s1. The molecule has 4 nitrogen and oxygen atoms in total. The number of aliphatic hydroxyl groups is 1. The molecule has 0 aromatic carbocycles. The minimum absolute atomic E-state index is 0.00678. The van der Waals surface area contributed by atoms with E-state index in [1.54, 1.807) is 6.07 Å². The lowest BCUT2D eigenvalue weighted by atomic mass is 9.84. The summed E-state index contributed by atoms with van der Waals surface area (Å²) in [4.78, 5) is 1.06. The van der Waals surface area contributed by atoms with Crippen LogP contribution in [0.2, 0.25) is 0 Å². The average Bonchev–Trinajstić information content (AvgIpc) is 2.90. The van der Waals surface area contributed by atoms with Crippen LogP contribution in [0.5, 0.6) is 0 Å². The Balaban J connectivity index is 2.80. The summed E-state index contributed by atoms with van der Waals surface area (Å²) < 4.78 is 27.3. The molecule has 110 valence electrons. The van der Waals surface area contributed by atoms with Gasteiger partial charge in [-0.1, -0.05) is 20.8 Å².